The highest BCUT2D eigenvalue weighted by Gasteiger charge is 2.22. The summed E-state index contributed by atoms with van der Waals surface area (Å²) in [5.41, 5.74) is 1.07. The van der Waals surface area contributed by atoms with Crippen molar-refractivity contribution in [2.24, 2.45) is 0 Å². The van der Waals surface area contributed by atoms with Crippen molar-refractivity contribution in [2.45, 2.75) is 13.8 Å². The third kappa shape index (κ3) is 1.42. The molecule has 0 unspecified atom stereocenters. The molecule has 0 saturated heterocycles. The molecule has 0 aromatic heterocycles. The van der Waals surface area contributed by atoms with Crippen molar-refractivity contribution in [3.05, 3.63) is 24.4 Å². The van der Waals surface area contributed by atoms with Gasteiger partial charge in [0.2, 0.25) is 0 Å². The minimum atomic E-state index is 1.05. The van der Waals surface area contributed by atoms with Crippen LogP contribution in [0.3, 0.4) is 0 Å². The number of rotatable bonds is 2. The predicted octanol–water partition coefficient (Wildman–Crippen LogP) is 1.45. The standard InChI is InChI=1S/C10H17N2/c1-5-12(6-2)10-8-7-9(3)11(10)4/h7-8H,3,5-6H2,1-2,4H3/q+1. The molecule has 12 heavy (non-hydrogen) atoms. The van der Waals surface area contributed by atoms with Crippen molar-refractivity contribution < 1.29 is 4.58 Å². The highest BCUT2D eigenvalue weighted by Crippen LogP contribution is 2.10. The first kappa shape index (κ1) is 9.04. The summed E-state index contributed by atoms with van der Waals surface area (Å²) in [6.45, 7) is 10.4. The third-order valence-electron chi connectivity index (χ3n) is 2.29. The average molecular weight is 165 g/mol. The summed E-state index contributed by atoms with van der Waals surface area (Å²) >= 11 is 0. The fourth-order valence-corrected chi connectivity index (χ4v) is 1.41. The van der Waals surface area contributed by atoms with E-state index in [2.05, 4.69) is 43.0 Å². The highest BCUT2D eigenvalue weighted by atomic mass is 15.2. The predicted molar refractivity (Wildman–Crippen MR) is 52.4 cm³/mol. The Labute approximate surface area is 74.5 Å². The Kier molecular flexibility index (Phi) is 2.69. The molecule has 0 bridgehead atoms. The quantitative estimate of drug-likeness (QED) is 0.561. The molecule has 1 rings (SSSR count). The third-order valence-corrected chi connectivity index (χ3v) is 2.29. The van der Waals surface area contributed by atoms with Crippen LogP contribution in [0.1, 0.15) is 13.8 Å². The van der Waals surface area contributed by atoms with Crippen molar-refractivity contribution in [3.8, 4) is 0 Å². The summed E-state index contributed by atoms with van der Waals surface area (Å²) in [5.74, 6) is 1.25. The van der Waals surface area contributed by atoms with Crippen molar-refractivity contribution >= 4 is 5.84 Å². The Bertz CT molecular complexity index is 243. The molecule has 1 aliphatic rings. The van der Waals surface area contributed by atoms with Gasteiger partial charge in [0, 0.05) is 6.08 Å². The van der Waals surface area contributed by atoms with E-state index in [0.717, 1.165) is 18.8 Å². The molecule has 0 fully saturated rings. The topological polar surface area (TPSA) is 6.25 Å². The van der Waals surface area contributed by atoms with Gasteiger partial charge in [0.25, 0.3) is 5.84 Å². The molecule has 0 aromatic carbocycles. The van der Waals surface area contributed by atoms with E-state index in [1.807, 2.05) is 6.08 Å². The van der Waals surface area contributed by atoms with Crippen LogP contribution in [0.2, 0.25) is 0 Å². The zero-order valence-electron chi connectivity index (χ0n) is 8.17. The highest BCUT2D eigenvalue weighted by molar-refractivity contribution is 5.93. The molecule has 0 aromatic rings. The number of hydrogen-bond donors (Lipinski definition) is 0. The maximum absolute atomic E-state index is 3.93. The largest absolute Gasteiger partial charge is 0.276 e. The summed E-state index contributed by atoms with van der Waals surface area (Å²) in [5, 5.41) is 0. The average Bonchev–Trinajstić information content (AvgIpc) is 2.38. The van der Waals surface area contributed by atoms with Crippen molar-refractivity contribution in [3.63, 3.8) is 0 Å². The van der Waals surface area contributed by atoms with E-state index >= 15 is 0 Å². The molecule has 1 aliphatic heterocycles. The second kappa shape index (κ2) is 3.57. The molecule has 66 valence electrons. The normalized spacial score (nSPS) is 16.1. The van der Waals surface area contributed by atoms with Crippen LogP contribution in [-0.4, -0.2) is 35.4 Å². The zero-order valence-corrected chi connectivity index (χ0v) is 8.17. The molecule has 2 nitrogen and oxygen atoms in total. The number of hydrogen-bond acceptors (Lipinski definition) is 0. The van der Waals surface area contributed by atoms with Crippen molar-refractivity contribution in [1.29, 1.82) is 0 Å². The summed E-state index contributed by atoms with van der Waals surface area (Å²) in [7, 11) is 2.05. The molecule has 0 radical (unpaired) electrons. The van der Waals surface area contributed by atoms with Crippen LogP contribution in [0.15, 0.2) is 24.4 Å². The van der Waals surface area contributed by atoms with Gasteiger partial charge in [-0.3, -0.25) is 4.58 Å². The van der Waals surface area contributed by atoms with E-state index < -0.39 is 0 Å². The Morgan fingerprint density at radius 2 is 1.92 bits per heavy atom. The molecular formula is C10H17N2+. The lowest BCUT2D eigenvalue weighted by Crippen LogP contribution is -2.30. The number of likely N-dealkylation sites (N-methyl/N-ethyl adjacent to an activating group) is 1. The van der Waals surface area contributed by atoms with Crippen molar-refractivity contribution in [1.82, 2.24) is 4.90 Å². The minimum absolute atomic E-state index is 1.05. The second-order valence-corrected chi connectivity index (χ2v) is 2.91. The van der Waals surface area contributed by atoms with Crippen LogP contribution in [0.25, 0.3) is 0 Å². The van der Waals surface area contributed by atoms with Crippen LogP contribution in [0.4, 0.5) is 0 Å². The summed E-state index contributed by atoms with van der Waals surface area (Å²) < 4.78 is 2.31. The molecular weight excluding hydrogens is 148 g/mol. The van der Waals surface area contributed by atoms with E-state index in [9.17, 15) is 0 Å². The van der Waals surface area contributed by atoms with Gasteiger partial charge in [-0.2, -0.15) is 0 Å². The van der Waals surface area contributed by atoms with Crippen LogP contribution in [0, 0.1) is 0 Å². The van der Waals surface area contributed by atoms with Crippen LogP contribution < -0.4 is 0 Å². The lowest BCUT2D eigenvalue weighted by Gasteiger charge is -2.10. The Hall–Kier alpha value is -1.05. The number of nitrogens with zero attached hydrogens (tertiary/aromatic N) is 2. The molecule has 0 aliphatic carbocycles. The van der Waals surface area contributed by atoms with Crippen LogP contribution >= 0.6 is 0 Å². The number of allylic oxidation sites excluding steroid dienone is 1. The molecule has 0 amide bonds. The lowest BCUT2D eigenvalue weighted by molar-refractivity contribution is -0.523. The second-order valence-electron chi connectivity index (χ2n) is 2.91. The zero-order chi connectivity index (χ0) is 9.14. The van der Waals surface area contributed by atoms with Gasteiger partial charge in [-0.15, -0.1) is 0 Å². The first-order chi connectivity index (χ1) is 5.70. The molecule has 0 saturated carbocycles. The summed E-state index contributed by atoms with van der Waals surface area (Å²) in [4.78, 5) is 2.12. The molecule has 0 atom stereocenters. The SMILES string of the molecule is C=C1C=CC(=[N+](CC)CC)N1C. The molecule has 0 spiro atoms. The minimum Gasteiger partial charge on any atom is -0.262 e. The monoisotopic (exact) mass is 165 g/mol. The summed E-state index contributed by atoms with van der Waals surface area (Å²) in [6, 6.07) is 0. The maximum atomic E-state index is 3.93. The van der Waals surface area contributed by atoms with Crippen molar-refractivity contribution in [2.75, 3.05) is 20.1 Å². The van der Waals surface area contributed by atoms with E-state index in [1.165, 1.54) is 5.84 Å². The van der Waals surface area contributed by atoms with Gasteiger partial charge in [0.15, 0.2) is 0 Å². The first-order valence-electron chi connectivity index (χ1n) is 4.43. The van der Waals surface area contributed by atoms with Gasteiger partial charge in [-0.05, 0) is 19.9 Å². The Morgan fingerprint density at radius 1 is 1.33 bits per heavy atom. The van der Waals surface area contributed by atoms with Gasteiger partial charge in [0.05, 0.1) is 20.1 Å². The van der Waals surface area contributed by atoms with Gasteiger partial charge in [0.1, 0.15) is 5.70 Å². The lowest BCUT2D eigenvalue weighted by atomic mass is 10.5. The maximum Gasteiger partial charge on any atom is 0.276 e. The first-order valence-corrected chi connectivity index (χ1v) is 4.43. The van der Waals surface area contributed by atoms with E-state index in [1.54, 1.807) is 0 Å². The van der Waals surface area contributed by atoms with Crippen LogP contribution in [-0.2, 0) is 0 Å². The Morgan fingerprint density at radius 3 is 2.25 bits per heavy atom. The molecule has 0 N–H and O–H groups in total. The van der Waals surface area contributed by atoms with Gasteiger partial charge >= 0.3 is 0 Å². The molecule has 1 heterocycles. The van der Waals surface area contributed by atoms with Crippen LogP contribution in [0.5, 0.6) is 0 Å². The van der Waals surface area contributed by atoms with E-state index in [-0.39, 0.29) is 0 Å². The summed E-state index contributed by atoms with van der Waals surface area (Å²) in [6.07, 6.45) is 4.17. The fourth-order valence-electron chi connectivity index (χ4n) is 1.41. The van der Waals surface area contributed by atoms with E-state index in [4.69, 9.17) is 0 Å². The van der Waals surface area contributed by atoms with Gasteiger partial charge in [-0.25, -0.2) is 4.90 Å². The number of amidine groups is 1. The van der Waals surface area contributed by atoms with Gasteiger partial charge in [-0.1, -0.05) is 6.58 Å². The molecule has 2 heteroatoms. The Balaban J connectivity index is 2.95. The van der Waals surface area contributed by atoms with Gasteiger partial charge < -0.3 is 0 Å². The van der Waals surface area contributed by atoms with E-state index in [0.29, 0.717) is 0 Å². The smallest absolute Gasteiger partial charge is 0.262 e. The fraction of sp³-hybridized carbons (Fsp3) is 0.500.